The molecule has 4 heteroatoms. The van der Waals surface area contributed by atoms with E-state index < -0.39 is 0 Å². The van der Waals surface area contributed by atoms with E-state index in [9.17, 15) is 4.79 Å². The van der Waals surface area contributed by atoms with Crippen LogP contribution in [0.1, 0.15) is 12.8 Å². The van der Waals surface area contributed by atoms with Gasteiger partial charge in [-0.25, -0.2) is 0 Å². The van der Waals surface area contributed by atoms with Gasteiger partial charge in [-0.05, 0) is 25.9 Å². The van der Waals surface area contributed by atoms with Crippen molar-refractivity contribution in [3.63, 3.8) is 0 Å². The molecular formula is C9H17BrN2O. The number of likely N-dealkylation sites (N-methyl/N-ethyl adjacent to an activating group) is 1. The summed E-state index contributed by atoms with van der Waals surface area (Å²) in [5.41, 5.74) is 0. The third-order valence-electron chi connectivity index (χ3n) is 2.49. The van der Waals surface area contributed by atoms with E-state index in [1.54, 1.807) is 4.90 Å². The minimum atomic E-state index is 0.166. The van der Waals surface area contributed by atoms with Crippen LogP contribution in [0.25, 0.3) is 0 Å². The van der Waals surface area contributed by atoms with Crippen LogP contribution in [0.3, 0.4) is 0 Å². The number of rotatable bonds is 4. The van der Waals surface area contributed by atoms with Crippen molar-refractivity contribution in [3.05, 3.63) is 0 Å². The molecule has 0 N–H and O–H groups in total. The molecular weight excluding hydrogens is 232 g/mol. The Labute approximate surface area is 88.2 Å². The molecule has 1 fully saturated rings. The summed E-state index contributed by atoms with van der Waals surface area (Å²) in [6.07, 6.45) is 2.63. The molecule has 0 spiro atoms. The zero-order valence-electron chi connectivity index (χ0n) is 8.13. The quantitative estimate of drug-likeness (QED) is 0.692. The average Bonchev–Trinajstić information content (AvgIpc) is 2.65. The van der Waals surface area contributed by atoms with Gasteiger partial charge in [0.2, 0.25) is 5.91 Å². The first-order valence-corrected chi connectivity index (χ1v) is 5.88. The molecule has 0 aromatic rings. The second kappa shape index (κ2) is 5.60. The second-order valence-electron chi connectivity index (χ2n) is 3.50. The molecule has 1 amide bonds. The molecule has 13 heavy (non-hydrogen) atoms. The van der Waals surface area contributed by atoms with Crippen molar-refractivity contribution < 1.29 is 4.79 Å². The molecule has 0 saturated carbocycles. The second-order valence-corrected chi connectivity index (χ2v) is 4.06. The van der Waals surface area contributed by atoms with Gasteiger partial charge in [0, 0.05) is 20.1 Å². The molecule has 1 rings (SSSR count). The van der Waals surface area contributed by atoms with E-state index in [0.29, 0.717) is 5.33 Å². The summed E-state index contributed by atoms with van der Waals surface area (Å²) in [5, 5.41) is 0.434. The molecule has 0 atom stereocenters. The smallest absolute Gasteiger partial charge is 0.233 e. The standard InChI is InChI=1S/C9H17BrN2O/c1-11(9(13)8-10)6-7-12-4-2-3-5-12/h2-8H2,1H3. The Morgan fingerprint density at radius 3 is 2.62 bits per heavy atom. The SMILES string of the molecule is CN(CCN1CCCC1)C(=O)CBr. The van der Waals surface area contributed by atoms with Gasteiger partial charge in [0.15, 0.2) is 0 Å². The first-order valence-electron chi connectivity index (χ1n) is 4.76. The van der Waals surface area contributed by atoms with Crippen LogP contribution >= 0.6 is 15.9 Å². The van der Waals surface area contributed by atoms with Crippen LogP contribution in [0.15, 0.2) is 0 Å². The predicted octanol–water partition coefficient (Wildman–Crippen LogP) is 0.935. The number of hydrogen-bond acceptors (Lipinski definition) is 2. The molecule has 0 bridgehead atoms. The lowest BCUT2D eigenvalue weighted by atomic mass is 10.4. The van der Waals surface area contributed by atoms with Crippen LogP contribution in [-0.4, -0.2) is 54.3 Å². The number of carbonyl (C=O) groups excluding carboxylic acids is 1. The van der Waals surface area contributed by atoms with Crippen molar-refractivity contribution in [2.75, 3.05) is 38.6 Å². The maximum atomic E-state index is 11.2. The van der Waals surface area contributed by atoms with Crippen molar-refractivity contribution in [2.24, 2.45) is 0 Å². The van der Waals surface area contributed by atoms with Gasteiger partial charge in [0.25, 0.3) is 0 Å². The van der Waals surface area contributed by atoms with E-state index in [1.165, 1.54) is 25.9 Å². The first kappa shape index (κ1) is 11.0. The van der Waals surface area contributed by atoms with Crippen LogP contribution in [0.5, 0.6) is 0 Å². The minimum absolute atomic E-state index is 0.166. The van der Waals surface area contributed by atoms with E-state index in [-0.39, 0.29) is 5.91 Å². The lowest BCUT2D eigenvalue weighted by Gasteiger charge is -2.20. The molecule has 0 radical (unpaired) electrons. The van der Waals surface area contributed by atoms with Gasteiger partial charge in [-0.15, -0.1) is 0 Å². The molecule has 76 valence electrons. The zero-order chi connectivity index (χ0) is 9.68. The number of alkyl halides is 1. The van der Waals surface area contributed by atoms with Crippen molar-refractivity contribution >= 4 is 21.8 Å². The number of halogens is 1. The van der Waals surface area contributed by atoms with E-state index >= 15 is 0 Å². The van der Waals surface area contributed by atoms with Crippen molar-refractivity contribution in [3.8, 4) is 0 Å². The third-order valence-corrected chi connectivity index (χ3v) is 2.97. The van der Waals surface area contributed by atoms with Gasteiger partial charge in [-0.1, -0.05) is 15.9 Å². The maximum absolute atomic E-state index is 11.2. The Hall–Kier alpha value is -0.0900. The summed E-state index contributed by atoms with van der Waals surface area (Å²) in [5.74, 6) is 0.166. The molecule has 0 unspecified atom stereocenters. The van der Waals surface area contributed by atoms with Gasteiger partial charge in [0.05, 0.1) is 5.33 Å². The topological polar surface area (TPSA) is 23.6 Å². The summed E-state index contributed by atoms with van der Waals surface area (Å²) >= 11 is 3.16. The van der Waals surface area contributed by atoms with Gasteiger partial charge >= 0.3 is 0 Å². The van der Waals surface area contributed by atoms with Crippen molar-refractivity contribution in [2.45, 2.75) is 12.8 Å². The lowest BCUT2D eigenvalue weighted by Crippen LogP contribution is -2.35. The number of nitrogens with zero attached hydrogens (tertiary/aromatic N) is 2. The summed E-state index contributed by atoms with van der Waals surface area (Å²) < 4.78 is 0. The largest absolute Gasteiger partial charge is 0.344 e. The lowest BCUT2D eigenvalue weighted by molar-refractivity contribution is -0.127. The highest BCUT2D eigenvalue weighted by Crippen LogP contribution is 2.06. The normalized spacial score (nSPS) is 17.7. The summed E-state index contributed by atoms with van der Waals surface area (Å²) in [7, 11) is 1.86. The van der Waals surface area contributed by atoms with E-state index in [4.69, 9.17) is 0 Å². The Balaban J connectivity index is 2.13. The molecule has 3 nitrogen and oxygen atoms in total. The van der Waals surface area contributed by atoms with Crippen LogP contribution in [0, 0.1) is 0 Å². The number of amides is 1. The van der Waals surface area contributed by atoms with Gasteiger partial charge in [-0.3, -0.25) is 4.79 Å². The Morgan fingerprint density at radius 2 is 2.08 bits per heavy atom. The third kappa shape index (κ3) is 3.65. The molecule has 1 aliphatic heterocycles. The van der Waals surface area contributed by atoms with Crippen molar-refractivity contribution in [1.82, 2.24) is 9.80 Å². The Morgan fingerprint density at radius 1 is 1.46 bits per heavy atom. The minimum Gasteiger partial charge on any atom is -0.344 e. The Kier molecular flexibility index (Phi) is 4.73. The first-order chi connectivity index (χ1) is 6.24. The molecule has 1 aliphatic rings. The molecule has 0 aromatic carbocycles. The van der Waals surface area contributed by atoms with E-state index in [0.717, 1.165) is 13.1 Å². The summed E-state index contributed by atoms with van der Waals surface area (Å²) in [6.45, 7) is 4.28. The number of hydrogen-bond donors (Lipinski definition) is 0. The van der Waals surface area contributed by atoms with E-state index in [2.05, 4.69) is 20.8 Å². The van der Waals surface area contributed by atoms with Crippen LogP contribution in [0.2, 0.25) is 0 Å². The summed E-state index contributed by atoms with van der Waals surface area (Å²) in [6, 6.07) is 0. The highest BCUT2D eigenvalue weighted by Gasteiger charge is 2.13. The fourth-order valence-corrected chi connectivity index (χ4v) is 1.95. The van der Waals surface area contributed by atoms with Crippen LogP contribution in [0.4, 0.5) is 0 Å². The van der Waals surface area contributed by atoms with E-state index in [1.807, 2.05) is 7.05 Å². The summed E-state index contributed by atoms with van der Waals surface area (Å²) in [4.78, 5) is 15.4. The highest BCUT2D eigenvalue weighted by molar-refractivity contribution is 9.09. The van der Waals surface area contributed by atoms with Gasteiger partial charge < -0.3 is 9.80 Å². The fraction of sp³-hybridized carbons (Fsp3) is 0.889. The zero-order valence-corrected chi connectivity index (χ0v) is 9.72. The molecule has 0 aromatic heterocycles. The number of carbonyl (C=O) groups is 1. The van der Waals surface area contributed by atoms with Crippen LogP contribution < -0.4 is 0 Å². The molecule has 1 heterocycles. The maximum Gasteiger partial charge on any atom is 0.233 e. The molecule has 0 aliphatic carbocycles. The number of likely N-dealkylation sites (tertiary alicyclic amines) is 1. The Bertz CT molecular complexity index is 169. The van der Waals surface area contributed by atoms with Crippen molar-refractivity contribution in [1.29, 1.82) is 0 Å². The highest BCUT2D eigenvalue weighted by atomic mass is 79.9. The predicted molar refractivity (Wildman–Crippen MR) is 57.1 cm³/mol. The van der Waals surface area contributed by atoms with Gasteiger partial charge in [0.1, 0.15) is 0 Å². The fourth-order valence-electron chi connectivity index (χ4n) is 1.52. The monoisotopic (exact) mass is 248 g/mol. The average molecular weight is 249 g/mol. The van der Waals surface area contributed by atoms with Crippen LogP contribution in [-0.2, 0) is 4.79 Å². The molecule has 1 saturated heterocycles. The van der Waals surface area contributed by atoms with Gasteiger partial charge in [-0.2, -0.15) is 0 Å².